The van der Waals surface area contributed by atoms with Crippen molar-refractivity contribution in [2.45, 2.75) is 79.8 Å². The molecule has 4 rings (SSSR count). The molecular weight excluding hydrogens is 444 g/mol. The summed E-state index contributed by atoms with van der Waals surface area (Å²) >= 11 is 1.66. The van der Waals surface area contributed by atoms with Crippen molar-refractivity contribution in [2.24, 2.45) is 0 Å². The Bertz CT molecular complexity index is 1260. The number of anilines is 1. The zero-order valence-corrected chi connectivity index (χ0v) is 22.1. The molecule has 2 aromatic heterocycles. The van der Waals surface area contributed by atoms with Gasteiger partial charge in [0.25, 0.3) is 5.56 Å². The summed E-state index contributed by atoms with van der Waals surface area (Å²) in [6, 6.07) is 3.46. The van der Waals surface area contributed by atoms with Gasteiger partial charge in [0.1, 0.15) is 16.7 Å². The number of aryl methyl sites for hydroxylation is 5. The van der Waals surface area contributed by atoms with Crippen molar-refractivity contribution in [1.29, 1.82) is 0 Å². The molecule has 0 aliphatic heterocycles. The Balaban J connectivity index is 1.81. The standard InChI is InChI=1S/C27H36N4O2S/c1-7-30(8-2)15-22-28-26-23(20-11-9-10-12-21(20)34-26)27(33)31(22)19(6)25(32)29-24-17(4)13-16(3)14-18(24)5/h13-14,19H,7-12,15H2,1-6H3,(H,29,32). The molecule has 182 valence electrons. The largest absolute Gasteiger partial charge is 0.324 e. The first-order valence-corrected chi connectivity index (χ1v) is 13.2. The Morgan fingerprint density at radius 1 is 1.15 bits per heavy atom. The number of carbonyl (C=O) groups is 1. The smallest absolute Gasteiger partial charge is 0.263 e. The van der Waals surface area contributed by atoms with Gasteiger partial charge in [0.15, 0.2) is 0 Å². The number of hydrogen-bond donors (Lipinski definition) is 1. The van der Waals surface area contributed by atoms with Crippen molar-refractivity contribution in [3.63, 3.8) is 0 Å². The second kappa shape index (κ2) is 10.0. The van der Waals surface area contributed by atoms with Gasteiger partial charge in [-0.3, -0.25) is 19.1 Å². The maximum atomic E-state index is 13.9. The first-order valence-electron chi connectivity index (χ1n) is 12.4. The van der Waals surface area contributed by atoms with Crippen LogP contribution >= 0.6 is 11.3 Å². The van der Waals surface area contributed by atoms with Gasteiger partial charge in [0.2, 0.25) is 5.91 Å². The van der Waals surface area contributed by atoms with Crippen LogP contribution in [0.25, 0.3) is 10.2 Å². The normalized spacial score (nSPS) is 14.4. The Hall–Kier alpha value is -2.51. The number of fused-ring (bicyclic) bond motifs is 3. The Kier molecular flexibility index (Phi) is 7.24. The molecule has 0 saturated carbocycles. The third-order valence-corrected chi connectivity index (χ3v) is 8.23. The molecule has 1 N–H and O–H groups in total. The van der Waals surface area contributed by atoms with Crippen molar-refractivity contribution in [3.8, 4) is 0 Å². The van der Waals surface area contributed by atoms with Crippen molar-refractivity contribution in [2.75, 3.05) is 18.4 Å². The van der Waals surface area contributed by atoms with Crippen molar-refractivity contribution >= 4 is 33.1 Å². The summed E-state index contributed by atoms with van der Waals surface area (Å²) in [7, 11) is 0. The van der Waals surface area contributed by atoms with Gasteiger partial charge >= 0.3 is 0 Å². The maximum absolute atomic E-state index is 13.9. The molecule has 3 aromatic rings. The molecule has 1 aliphatic rings. The van der Waals surface area contributed by atoms with Gasteiger partial charge in [-0.05, 0) is 83.2 Å². The number of carbonyl (C=O) groups excluding carboxylic acids is 1. The minimum Gasteiger partial charge on any atom is -0.324 e. The molecule has 2 heterocycles. The van der Waals surface area contributed by atoms with Gasteiger partial charge in [0, 0.05) is 10.6 Å². The number of rotatable bonds is 7. The summed E-state index contributed by atoms with van der Waals surface area (Å²) in [5.74, 6) is 0.475. The van der Waals surface area contributed by atoms with Gasteiger partial charge < -0.3 is 5.32 Å². The average molecular weight is 481 g/mol. The lowest BCUT2D eigenvalue weighted by Crippen LogP contribution is -2.37. The van der Waals surface area contributed by atoms with E-state index in [-0.39, 0.29) is 11.5 Å². The molecule has 0 bridgehead atoms. The van der Waals surface area contributed by atoms with E-state index < -0.39 is 6.04 Å². The number of hydrogen-bond acceptors (Lipinski definition) is 5. The van der Waals surface area contributed by atoms with Crippen molar-refractivity contribution in [3.05, 3.63) is 55.4 Å². The van der Waals surface area contributed by atoms with Gasteiger partial charge in [-0.2, -0.15) is 0 Å². The fraction of sp³-hybridized carbons (Fsp3) is 0.519. The van der Waals surface area contributed by atoms with Crippen LogP contribution in [0.4, 0.5) is 5.69 Å². The first kappa shape index (κ1) is 24.6. The molecular formula is C27H36N4O2S. The topological polar surface area (TPSA) is 67.2 Å². The molecule has 1 aliphatic carbocycles. The summed E-state index contributed by atoms with van der Waals surface area (Å²) in [5.41, 5.74) is 5.11. The van der Waals surface area contributed by atoms with Crippen LogP contribution in [0.5, 0.6) is 0 Å². The molecule has 6 nitrogen and oxygen atoms in total. The molecule has 34 heavy (non-hydrogen) atoms. The molecule has 0 fully saturated rings. The molecule has 1 amide bonds. The van der Waals surface area contributed by atoms with Crippen molar-refractivity contribution < 1.29 is 4.79 Å². The van der Waals surface area contributed by atoms with Crippen LogP contribution in [0.15, 0.2) is 16.9 Å². The number of amides is 1. The highest BCUT2D eigenvalue weighted by Crippen LogP contribution is 2.34. The lowest BCUT2D eigenvalue weighted by Gasteiger charge is -2.24. The summed E-state index contributed by atoms with van der Waals surface area (Å²) in [6.07, 6.45) is 4.20. The minimum absolute atomic E-state index is 0.0773. The first-order chi connectivity index (χ1) is 16.2. The Morgan fingerprint density at radius 3 is 2.44 bits per heavy atom. The quantitative estimate of drug-likeness (QED) is 0.498. The lowest BCUT2D eigenvalue weighted by molar-refractivity contribution is -0.119. The third-order valence-electron chi connectivity index (χ3n) is 7.05. The molecule has 1 aromatic carbocycles. The second-order valence-electron chi connectivity index (χ2n) is 9.49. The van der Waals surface area contributed by atoms with Crippen molar-refractivity contribution in [1.82, 2.24) is 14.5 Å². The van der Waals surface area contributed by atoms with E-state index in [2.05, 4.69) is 43.1 Å². The van der Waals surface area contributed by atoms with Crippen LogP contribution in [-0.4, -0.2) is 33.4 Å². The molecule has 0 spiro atoms. The number of nitrogens with zero attached hydrogens (tertiary/aromatic N) is 3. The highest BCUT2D eigenvalue weighted by atomic mass is 32.1. The fourth-order valence-corrected chi connectivity index (χ4v) is 6.41. The van der Waals surface area contributed by atoms with Gasteiger partial charge in [-0.15, -0.1) is 11.3 Å². The summed E-state index contributed by atoms with van der Waals surface area (Å²) in [6.45, 7) is 14.3. The monoisotopic (exact) mass is 480 g/mol. The summed E-state index contributed by atoms with van der Waals surface area (Å²) in [5, 5.41) is 3.83. The minimum atomic E-state index is -0.672. The van der Waals surface area contributed by atoms with E-state index in [1.54, 1.807) is 15.9 Å². The van der Waals surface area contributed by atoms with E-state index in [1.165, 1.54) is 4.88 Å². The fourth-order valence-electron chi connectivity index (χ4n) is 5.14. The predicted octanol–water partition coefficient (Wildman–Crippen LogP) is 5.30. The van der Waals surface area contributed by atoms with Crippen LogP contribution in [0.2, 0.25) is 0 Å². The second-order valence-corrected chi connectivity index (χ2v) is 10.6. The summed E-state index contributed by atoms with van der Waals surface area (Å²) in [4.78, 5) is 36.8. The Morgan fingerprint density at radius 2 is 1.79 bits per heavy atom. The number of nitrogens with one attached hydrogen (secondary N) is 1. The maximum Gasteiger partial charge on any atom is 0.263 e. The zero-order chi connectivity index (χ0) is 24.6. The highest BCUT2D eigenvalue weighted by Gasteiger charge is 2.27. The van der Waals surface area contributed by atoms with E-state index in [9.17, 15) is 9.59 Å². The van der Waals surface area contributed by atoms with Gasteiger partial charge in [-0.25, -0.2) is 4.98 Å². The lowest BCUT2D eigenvalue weighted by atomic mass is 9.97. The zero-order valence-electron chi connectivity index (χ0n) is 21.2. The van der Waals surface area contributed by atoms with Crippen LogP contribution in [0, 0.1) is 20.8 Å². The van der Waals surface area contributed by atoms with Crippen LogP contribution in [0.3, 0.4) is 0 Å². The van der Waals surface area contributed by atoms with Crippen LogP contribution in [-0.2, 0) is 24.2 Å². The van der Waals surface area contributed by atoms with E-state index in [0.717, 1.165) is 76.9 Å². The molecule has 0 radical (unpaired) electrons. The van der Waals surface area contributed by atoms with Crippen LogP contribution in [0.1, 0.15) is 72.6 Å². The third kappa shape index (κ3) is 4.56. The average Bonchev–Trinajstić information content (AvgIpc) is 3.17. The molecule has 1 unspecified atom stereocenters. The van der Waals surface area contributed by atoms with E-state index in [4.69, 9.17) is 4.98 Å². The number of thiophene rings is 1. The van der Waals surface area contributed by atoms with E-state index in [1.807, 2.05) is 20.8 Å². The molecule has 1 atom stereocenters. The van der Waals surface area contributed by atoms with E-state index >= 15 is 0 Å². The molecule has 7 heteroatoms. The highest BCUT2D eigenvalue weighted by molar-refractivity contribution is 7.18. The van der Waals surface area contributed by atoms with E-state index in [0.29, 0.717) is 12.4 Å². The number of benzene rings is 1. The van der Waals surface area contributed by atoms with Gasteiger partial charge in [-0.1, -0.05) is 31.5 Å². The Labute approximate surface area is 206 Å². The predicted molar refractivity (Wildman–Crippen MR) is 141 cm³/mol. The summed E-state index contributed by atoms with van der Waals surface area (Å²) < 4.78 is 1.65. The van der Waals surface area contributed by atoms with Gasteiger partial charge in [0.05, 0.1) is 11.9 Å². The SMILES string of the molecule is CCN(CC)Cc1nc2sc3c(c2c(=O)n1C(C)C(=O)Nc1c(C)cc(C)cc1C)CCCC3. The molecule has 0 saturated heterocycles. The van der Waals surface area contributed by atoms with Crippen LogP contribution < -0.4 is 10.9 Å². The number of aromatic nitrogens is 2.